The van der Waals surface area contributed by atoms with Gasteiger partial charge in [-0.25, -0.2) is 0 Å². The average Bonchev–Trinajstić information content (AvgIpc) is 3.72. The monoisotopic (exact) mass is 852 g/mol. The third-order valence-electron chi connectivity index (χ3n) is 14.4. The first-order chi connectivity index (χ1) is 32.2. The Balaban J connectivity index is 0.791. The molecule has 11 rings (SSSR count). The van der Waals surface area contributed by atoms with Crippen molar-refractivity contribution in [3.05, 3.63) is 245 Å². The number of benzene rings is 8. The van der Waals surface area contributed by atoms with E-state index in [-0.39, 0.29) is 10.8 Å². The maximum Gasteiger partial charge on any atom is 0.0465 e. The van der Waals surface area contributed by atoms with Gasteiger partial charge < -0.3 is 9.80 Å². The molecule has 0 aromatic heterocycles. The topological polar surface area (TPSA) is 6.48 Å². The van der Waals surface area contributed by atoms with E-state index in [1.807, 2.05) is 0 Å². The zero-order chi connectivity index (χ0) is 44.8. The Morgan fingerprint density at radius 1 is 0.379 bits per heavy atom. The van der Waals surface area contributed by atoms with Crippen molar-refractivity contribution in [3.63, 3.8) is 0 Å². The van der Waals surface area contributed by atoms with Crippen LogP contribution in [-0.4, -0.2) is 6.04 Å². The first-order valence-electron chi connectivity index (χ1n) is 23.7. The normalized spacial score (nSPS) is 16.2. The van der Waals surface area contributed by atoms with Crippen molar-refractivity contribution in [1.29, 1.82) is 0 Å². The summed E-state index contributed by atoms with van der Waals surface area (Å²) in [6.07, 6.45) is 17.0. The van der Waals surface area contributed by atoms with Gasteiger partial charge in [0.1, 0.15) is 0 Å². The van der Waals surface area contributed by atoms with Crippen molar-refractivity contribution < 1.29 is 0 Å². The van der Waals surface area contributed by atoms with E-state index in [9.17, 15) is 0 Å². The lowest BCUT2D eigenvalue weighted by Gasteiger charge is -2.35. The Labute approximate surface area is 391 Å². The van der Waals surface area contributed by atoms with Crippen molar-refractivity contribution in [3.8, 4) is 22.3 Å². The Kier molecular flexibility index (Phi) is 10.5. The van der Waals surface area contributed by atoms with Gasteiger partial charge in [0.25, 0.3) is 0 Å². The third-order valence-corrected chi connectivity index (χ3v) is 14.4. The summed E-state index contributed by atoms with van der Waals surface area (Å²) in [4.78, 5) is 4.93. The van der Waals surface area contributed by atoms with Crippen LogP contribution in [0.3, 0.4) is 0 Å². The quantitative estimate of drug-likeness (QED) is 0.0999. The molecule has 3 aliphatic carbocycles. The van der Waals surface area contributed by atoms with Gasteiger partial charge in [-0.3, -0.25) is 0 Å². The summed E-state index contributed by atoms with van der Waals surface area (Å²) in [5, 5.41) is 0. The summed E-state index contributed by atoms with van der Waals surface area (Å²) >= 11 is 0. The predicted molar refractivity (Wildman–Crippen MR) is 282 cm³/mol. The van der Waals surface area contributed by atoms with Crippen molar-refractivity contribution >= 4 is 52.7 Å². The van der Waals surface area contributed by atoms with E-state index in [1.54, 1.807) is 0 Å². The van der Waals surface area contributed by atoms with E-state index in [2.05, 4.69) is 262 Å². The minimum Gasteiger partial charge on any atom is -0.338 e. The summed E-state index contributed by atoms with van der Waals surface area (Å²) in [5.41, 5.74) is 21.4. The molecule has 8 aromatic carbocycles. The van der Waals surface area contributed by atoms with Crippen molar-refractivity contribution in [2.24, 2.45) is 0 Å². The Morgan fingerprint density at radius 3 is 1.24 bits per heavy atom. The molecule has 0 bridgehead atoms. The van der Waals surface area contributed by atoms with E-state index < -0.39 is 0 Å². The number of rotatable bonds is 10. The molecule has 0 amide bonds. The van der Waals surface area contributed by atoms with Gasteiger partial charge in [0.15, 0.2) is 0 Å². The molecule has 66 heavy (non-hydrogen) atoms. The van der Waals surface area contributed by atoms with E-state index >= 15 is 0 Å². The maximum atomic E-state index is 2.58. The minimum absolute atomic E-state index is 0.109. The smallest absolute Gasteiger partial charge is 0.0465 e. The molecule has 322 valence electrons. The predicted octanol–water partition coefficient (Wildman–Crippen LogP) is 17.4. The molecule has 2 nitrogen and oxygen atoms in total. The standard InChI is InChI=1S/C64H56N2/c1-63(2)59-41-47(33-37-55(59)57-39-35-53(43-61(57)63)65(49-17-9-5-10-18-49)50-19-11-6-12-20-50)31-29-45-25-27-46(28-26-45)30-32-48-34-38-56-58-40-36-54(44-62(58)64(3,4)60(56)42-48)66(51-21-13-7-14-22-51)52-23-15-8-16-24-52/h5-15,17-22,25-44,52H,16,23-24H2,1-4H3. The van der Waals surface area contributed by atoms with Crippen LogP contribution >= 0.6 is 0 Å². The number of fused-ring (bicyclic) bond motifs is 6. The minimum atomic E-state index is -0.142. The molecular weight excluding hydrogens is 797 g/mol. The molecule has 3 aliphatic rings. The van der Waals surface area contributed by atoms with Crippen molar-refractivity contribution in [1.82, 2.24) is 0 Å². The fourth-order valence-corrected chi connectivity index (χ4v) is 10.9. The van der Waals surface area contributed by atoms with Gasteiger partial charge in [0.05, 0.1) is 0 Å². The fourth-order valence-electron chi connectivity index (χ4n) is 10.9. The Morgan fingerprint density at radius 2 is 0.773 bits per heavy atom. The van der Waals surface area contributed by atoms with Crippen molar-refractivity contribution in [2.75, 3.05) is 9.80 Å². The van der Waals surface area contributed by atoms with Gasteiger partial charge in [0, 0.05) is 45.3 Å². The van der Waals surface area contributed by atoms with E-state index in [4.69, 9.17) is 0 Å². The molecule has 0 aliphatic heterocycles. The molecule has 0 heterocycles. The second kappa shape index (κ2) is 16.9. The molecule has 1 atom stereocenters. The molecule has 1 unspecified atom stereocenters. The fraction of sp³-hybridized carbons (Fsp3) is 0.156. The van der Waals surface area contributed by atoms with Gasteiger partial charge in [-0.05, 0) is 147 Å². The van der Waals surface area contributed by atoms with Crippen LogP contribution in [0.15, 0.2) is 200 Å². The first-order valence-corrected chi connectivity index (χ1v) is 23.7. The molecule has 0 radical (unpaired) electrons. The highest BCUT2D eigenvalue weighted by Crippen LogP contribution is 2.52. The van der Waals surface area contributed by atoms with E-state index in [0.29, 0.717) is 6.04 Å². The van der Waals surface area contributed by atoms with E-state index in [1.165, 1.54) is 83.8 Å². The largest absolute Gasteiger partial charge is 0.338 e. The highest BCUT2D eigenvalue weighted by molar-refractivity contribution is 5.88. The molecule has 0 saturated heterocycles. The van der Waals surface area contributed by atoms with Crippen LogP contribution in [0.1, 0.15) is 91.5 Å². The van der Waals surface area contributed by atoms with E-state index in [0.717, 1.165) is 30.6 Å². The Bertz CT molecular complexity index is 3110. The number of hydrogen-bond donors (Lipinski definition) is 0. The number of hydrogen-bond acceptors (Lipinski definition) is 2. The molecule has 8 aromatic rings. The van der Waals surface area contributed by atoms with Gasteiger partial charge in [-0.2, -0.15) is 0 Å². The van der Waals surface area contributed by atoms with Crippen molar-refractivity contribution in [2.45, 2.75) is 63.8 Å². The average molecular weight is 853 g/mol. The summed E-state index contributed by atoms with van der Waals surface area (Å²) in [7, 11) is 0. The second-order valence-electron chi connectivity index (χ2n) is 19.3. The van der Waals surface area contributed by atoms with Crippen LogP contribution in [0, 0.1) is 0 Å². The van der Waals surface area contributed by atoms with Gasteiger partial charge in [0.2, 0.25) is 0 Å². The lowest BCUT2D eigenvalue weighted by atomic mass is 9.81. The zero-order valence-corrected chi connectivity index (χ0v) is 38.5. The van der Waals surface area contributed by atoms with Crippen LogP contribution in [0.2, 0.25) is 0 Å². The van der Waals surface area contributed by atoms with Crippen LogP contribution in [-0.2, 0) is 10.8 Å². The number of para-hydroxylation sites is 3. The summed E-state index contributed by atoms with van der Waals surface area (Å²) < 4.78 is 0. The van der Waals surface area contributed by atoms with Crippen LogP contribution in [0.5, 0.6) is 0 Å². The second-order valence-corrected chi connectivity index (χ2v) is 19.3. The zero-order valence-electron chi connectivity index (χ0n) is 38.5. The van der Waals surface area contributed by atoms with Gasteiger partial charge in [-0.1, -0.05) is 192 Å². The summed E-state index contributed by atoms with van der Waals surface area (Å²) in [6, 6.07) is 69.7. The Hall–Kier alpha value is -7.42. The molecule has 0 spiro atoms. The van der Waals surface area contributed by atoms with Gasteiger partial charge in [-0.15, -0.1) is 0 Å². The number of allylic oxidation sites excluding steroid dienone is 1. The molecule has 0 saturated carbocycles. The molecule has 2 heteroatoms. The first kappa shape index (κ1) is 41.3. The molecular formula is C64H56N2. The van der Waals surface area contributed by atoms with Gasteiger partial charge >= 0.3 is 0 Å². The lowest BCUT2D eigenvalue weighted by molar-refractivity contribution is 0.590. The van der Waals surface area contributed by atoms with Crippen LogP contribution < -0.4 is 9.80 Å². The molecule has 0 fully saturated rings. The number of anilines is 5. The maximum absolute atomic E-state index is 2.58. The van der Waals surface area contributed by atoms with Crippen LogP contribution in [0.4, 0.5) is 28.4 Å². The molecule has 0 N–H and O–H groups in total. The highest BCUT2D eigenvalue weighted by Gasteiger charge is 2.38. The highest BCUT2D eigenvalue weighted by atomic mass is 15.2. The lowest BCUT2D eigenvalue weighted by Crippen LogP contribution is -2.32. The van der Waals surface area contributed by atoms with Crippen LogP contribution in [0.25, 0.3) is 46.6 Å². The summed E-state index contributed by atoms with van der Waals surface area (Å²) in [6.45, 7) is 9.51. The SMILES string of the molecule is CC1(C)c2cc(C=Cc3ccc(C=Cc4ccc5c(c4)C(C)(C)c4cc(N(c6ccccc6)C6CC=CCC6)ccc4-5)cc3)ccc2-c2ccc(N(c3ccccc3)c3ccccc3)cc21. The number of nitrogens with zero attached hydrogens (tertiary/aromatic N) is 2. The third kappa shape index (κ3) is 7.51. The summed E-state index contributed by atoms with van der Waals surface area (Å²) in [5.74, 6) is 0.